The van der Waals surface area contributed by atoms with E-state index in [1.165, 1.54) is 0 Å². The lowest BCUT2D eigenvalue weighted by Gasteiger charge is -2.16. The lowest BCUT2D eigenvalue weighted by molar-refractivity contribution is 0.0682. The molecule has 0 radical (unpaired) electrons. The van der Waals surface area contributed by atoms with Gasteiger partial charge in [0.2, 0.25) is 0 Å². The van der Waals surface area contributed by atoms with Gasteiger partial charge in [-0.25, -0.2) is 0 Å². The Morgan fingerprint density at radius 2 is 1.84 bits per heavy atom. The molecule has 0 saturated carbocycles. The number of para-hydroxylation sites is 2. The van der Waals surface area contributed by atoms with E-state index < -0.39 is 10.2 Å². The van der Waals surface area contributed by atoms with Gasteiger partial charge in [-0.15, -0.1) is 0 Å². The van der Waals surface area contributed by atoms with Gasteiger partial charge in [-0.1, -0.05) is 42.5 Å². The summed E-state index contributed by atoms with van der Waals surface area (Å²) in [5.74, 6) is 0.489. The van der Waals surface area contributed by atoms with Gasteiger partial charge >= 0.3 is 0 Å². The Bertz CT molecular complexity index is 775. The Hall–Kier alpha value is -2.09. The highest BCUT2D eigenvalue weighted by molar-refractivity contribution is 7.90. The number of benzene rings is 2. The highest BCUT2D eigenvalue weighted by Gasteiger charge is 2.18. The van der Waals surface area contributed by atoms with Gasteiger partial charge in [0.05, 0.1) is 11.8 Å². The summed E-state index contributed by atoms with van der Waals surface area (Å²) in [7, 11) is -3.70. The molecule has 1 fully saturated rings. The van der Waals surface area contributed by atoms with Crippen LogP contribution in [-0.4, -0.2) is 27.7 Å². The van der Waals surface area contributed by atoms with E-state index >= 15 is 0 Å². The predicted octanol–water partition coefficient (Wildman–Crippen LogP) is 2.69. The minimum Gasteiger partial charge on any atom is -0.489 e. The molecule has 1 heterocycles. The first-order valence-corrected chi connectivity index (χ1v) is 9.75. The summed E-state index contributed by atoms with van der Waals surface area (Å²) in [4.78, 5) is 0. The standard InChI is InChI=1S/C18H22N2O4S/c21-25(22,19-13-15-7-2-1-3-8-15)20-17-10-4-5-11-18(17)24-14-16-9-6-12-23-16/h1-5,7-8,10-11,16,19-20H,6,9,12-14H2/t16-/m1/s1. The van der Waals surface area contributed by atoms with Gasteiger partial charge in [0, 0.05) is 13.2 Å². The van der Waals surface area contributed by atoms with E-state index in [2.05, 4.69) is 9.44 Å². The van der Waals surface area contributed by atoms with Crippen LogP contribution in [0.5, 0.6) is 5.75 Å². The normalized spacial score (nSPS) is 17.4. The van der Waals surface area contributed by atoms with Gasteiger partial charge in [-0.3, -0.25) is 4.72 Å². The van der Waals surface area contributed by atoms with Gasteiger partial charge in [0.25, 0.3) is 10.2 Å². The maximum atomic E-state index is 12.3. The van der Waals surface area contributed by atoms with Crippen LogP contribution in [0, 0.1) is 0 Å². The zero-order chi connectivity index (χ0) is 17.5. The molecule has 0 unspecified atom stereocenters. The number of ether oxygens (including phenoxy) is 2. The van der Waals surface area contributed by atoms with Crippen molar-refractivity contribution in [2.75, 3.05) is 17.9 Å². The first-order chi connectivity index (χ1) is 12.1. The third kappa shape index (κ3) is 5.45. The number of rotatable bonds is 8. The van der Waals surface area contributed by atoms with Crippen molar-refractivity contribution in [2.24, 2.45) is 0 Å². The maximum Gasteiger partial charge on any atom is 0.299 e. The van der Waals surface area contributed by atoms with Crippen LogP contribution in [0.3, 0.4) is 0 Å². The molecule has 3 rings (SSSR count). The summed E-state index contributed by atoms with van der Waals surface area (Å²) < 4.78 is 40.9. The molecule has 1 aliphatic heterocycles. The van der Waals surface area contributed by atoms with Crippen molar-refractivity contribution in [3.05, 3.63) is 60.2 Å². The zero-order valence-corrected chi connectivity index (χ0v) is 14.7. The monoisotopic (exact) mass is 362 g/mol. The summed E-state index contributed by atoms with van der Waals surface area (Å²) in [6, 6.07) is 16.3. The Morgan fingerprint density at radius 1 is 1.08 bits per heavy atom. The molecule has 0 amide bonds. The number of hydrogen-bond acceptors (Lipinski definition) is 4. The van der Waals surface area contributed by atoms with Crippen LogP contribution in [0.15, 0.2) is 54.6 Å². The van der Waals surface area contributed by atoms with Gasteiger partial charge in [0.15, 0.2) is 0 Å². The molecule has 0 aliphatic carbocycles. The van der Waals surface area contributed by atoms with Gasteiger partial charge in [0.1, 0.15) is 12.4 Å². The molecular formula is C18H22N2O4S. The Morgan fingerprint density at radius 3 is 2.60 bits per heavy atom. The molecule has 0 bridgehead atoms. The molecular weight excluding hydrogens is 340 g/mol. The molecule has 7 heteroatoms. The summed E-state index contributed by atoms with van der Waals surface area (Å²) in [6.45, 7) is 1.39. The fourth-order valence-corrected chi connectivity index (χ4v) is 3.48. The van der Waals surface area contributed by atoms with Gasteiger partial charge in [-0.05, 0) is 30.5 Å². The summed E-state index contributed by atoms with van der Waals surface area (Å²) >= 11 is 0. The molecule has 6 nitrogen and oxygen atoms in total. The number of anilines is 1. The van der Waals surface area contributed by atoms with Crippen LogP contribution in [0.25, 0.3) is 0 Å². The van der Waals surface area contributed by atoms with Crippen LogP contribution >= 0.6 is 0 Å². The van der Waals surface area contributed by atoms with Crippen LogP contribution in [0.2, 0.25) is 0 Å². The maximum absolute atomic E-state index is 12.3. The average molecular weight is 362 g/mol. The van der Waals surface area contributed by atoms with Gasteiger partial charge in [-0.2, -0.15) is 13.1 Å². The van der Waals surface area contributed by atoms with E-state index in [4.69, 9.17) is 9.47 Å². The van der Waals surface area contributed by atoms with E-state index in [1.54, 1.807) is 24.3 Å². The molecule has 2 N–H and O–H groups in total. The minimum absolute atomic E-state index is 0.0702. The number of nitrogens with one attached hydrogen (secondary N) is 2. The molecule has 0 aromatic heterocycles. The molecule has 2 aromatic rings. The molecule has 2 aromatic carbocycles. The van der Waals surface area contributed by atoms with Crippen molar-refractivity contribution in [1.29, 1.82) is 0 Å². The van der Waals surface area contributed by atoms with E-state index in [-0.39, 0.29) is 12.6 Å². The lowest BCUT2D eigenvalue weighted by Crippen LogP contribution is -2.30. The quantitative estimate of drug-likeness (QED) is 0.757. The highest BCUT2D eigenvalue weighted by atomic mass is 32.2. The second kappa shape index (κ2) is 8.33. The highest BCUT2D eigenvalue weighted by Crippen LogP contribution is 2.25. The smallest absolute Gasteiger partial charge is 0.299 e. The number of hydrogen-bond donors (Lipinski definition) is 2. The summed E-state index contributed by atoms with van der Waals surface area (Å²) in [5, 5.41) is 0. The minimum atomic E-state index is -3.70. The molecule has 1 atom stereocenters. The second-order valence-corrected chi connectivity index (χ2v) is 7.35. The molecule has 0 spiro atoms. The van der Waals surface area contributed by atoms with Crippen molar-refractivity contribution in [1.82, 2.24) is 4.72 Å². The van der Waals surface area contributed by atoms with Crippen LogP contribution in [0.1, 0.15) is 18.4 Å². The van der Waals surface area contributed by atoms with E-state index in [9.17, 15) is 8.42 Å². The summed E-state index contributed by atoms with van der Waals surface area (Å²) in [6.07, 6.45) is 2.07. The topological polar surface area (TPSA) is 76.7 Å². The SMILES string of the molecule is O=S(=O)(NCc1ccccc1)Nc1ccccc1OC[C@H]1CCCO1. The van der Waals surface area contributed by atoms with Crippen molar-refractivity contribution >= 4 is 15.9 Å². The third-order valence-corrected chi connectivity index (χ3v) is 4.90. The van der Waals surface area contributed by atoms with Crippen LogP contribution in [-0.2, 0) is 21.5 Å². The van der Waals surface area contributed by atoms with Gasteiger partial charge < -0.3 is 9.47 Å². The second-order valence-electron chi connectivity index (χ2n) is 5.85. The van der Waals surface area contributed by atoms with Crippen molar-refractivity contribution in [3.63, 3.8) is 0 Å². The Kier molecular flexibility index (Phi) is 5.91. The van der Waals surface area contributed by atoms with Crippen molar-refractivity contribution < 1.29 is 17.9 Å². The van der Waals surface area contributed by atoms with Crippen LogP contribution < -0.4 is 14.2 Å². The van der Waals surface area contributed by atoms with E-state index in [0.29, 0.717) is 18.0 Å². The average Bonchev–Trinajstić information content (AvgIpc) is 3.14. The molecule has 1 saturated heterocycles. The fourth-order valence-electron chi connectivity index (χ4n) is 2.59. The zero-order valence-electron chi connectivity index (χ0n) is 13.9. The third-order valence-electron chi connectivity index (χ3n) is 3.89. The summed E-state index contributed by atoms with van der Waals surface area (Å²) in [5.41, 5.74) is 1.29. The van der Waals surface area contributed by atoms with Crippen LogP contribution in [0.4, 0.5) is 5.69 Å². The predicted molar refractivity (Wildman–Crippen MR) is 96.7 cm³/mol. The van der Waals surface area contributed by atoms with E-state index in [0.717, 1.165) is 25.0 Å². The van der Waals surface area contributed by atoms with Crippen molar-refractivity contribution in [3.8, 4) is 5.75 Å². The molecule has 25 heavy (non-hydrogen) atoms. The first kappa shape index (κ1) is 17.7. The molecule has 1 aliphatic rings. The lowest BCUT2D eigenvalue weighted by atomic mass is 10.2. The van der Waals surface area contributed by atoms with Crippen molar-refractivity contribution in [2.45, 2.75) is 25.5 Å². The Labute approximate surface area is 148 Å². The fraction of sp³-hybridized carbons (Fsp3) is 0.333. The van der Waals surface area contributed by atoms with E-state index in [1.807, 2.05) is 30.3 Å². The largest absolute Gasteiger partial charge is 0.489 e. The molecule has 134 valence electrons. The first-order valence-electron chi connectivity index (χ1n) is 8.27. The Balaban J connectivity index is 1.60.